The summed E-state index contributed by atoms with van der Waals surface area (Å²) < 4.78 is 5.27. The van der Waals surface area contributed by atoms with E-state index in [1.54, 1.807) is 24.3 Å². The molecule has 172 valence electrons. The molecule has 0 unspecified atom stereocenters. The number of amides is 2. The molecule has 3 aromatic carbocycles. The van der Waals surface area contributed by atoms with Crippen LogP contribution in [0.4, 0.5) is 11.4 Å². The highest BCUT2D eigenvalue weighted by Crippen LogP contribution is 2.17. The number of carbonyl (C=O) groups is 3. The number of aryl methyl sites for hydroxylation is 2. The molecule has 10 nitrogen and oxygen atoms in total. The van der Waals surface area contributed by atoms with Crippen LogP contribution in [0.2, 0.25) is 0 Å². The fourth-order valence-corrected chi connectivity index (χ4v) is 2.99. The molecule has 0 aliphatic carbocycles. The predicted molar refractivity (Wildman–Crippen MR) is 125 cm³/mol. The number of benzene rings is 3. The Bertz CT molecular complexity index is 1260. The van der Waals surface area contributed by atoms with Crippen LogP contribution in [0.5, 0.6) is 5.75 Å². The summed E-state index contributed by atoms with van der Waals surface area (Å²) in [6.45, 7) is 3.76. The van der Waals surface area contributed by atoms with Gasteiger partial charge in [-0.25, -0.2) is 10.2 Å². The van der Waals surface area contributed by atoms with Gasteiger partial charge in [0.15, 0.2) is 0 Å². The summed E-state index contributed by atoms with van der Waals surface area (Å²) in [6, 6.07) is 16.7. The van der Waals surface area contributed by atoms with Crippen molar-refractivity contribution in [3.8, 4) is 5.75 Å². The molecule has 2 N–H and O–H groups in total. The number of nitrogens with one attached hydrogen (secondary N) is 2. The molecular formula is C24H20N4O6. The molecule has 0 aliphatic rings. The summed E-state index contributed by atoms with van der Waals surface area (Å²) in [4.78, 5) is 46.4. The van der Waals surface area contributed by atoms with Gasteiger partial charge in [0.1, 0.15) is 5.75 Å². The fraction of sp³-hybridized carbons (Fsp3) is 0.0833. The van der Waals surface area contributed by atoms with Gasteiger partial charge in [0.25, 0.3) is 5.69 Å². The minimum absolute atomic E-state index is 0.139. The molecule has 0 aliphatic heterocycles. The van der Waals surface area contributed by atoms with Gasteiger partial charge in [-0.15, -0.1) is 0 Å². The normalized spacial score (nSPS) is 10.5. The lowest BCUT2D eigenvalue weighted by Crippen LogP contribution is -2.32. The molecule has 0 saturated heterocycles. The van der Waals surface area contributed by atoms with Crippen molar-refractivity contribution in [2.24, 2.45) is 5.10 Å². The molecule has 34 heavy (non-hydrogen) atoms. The lowest BCUT2D eigenvalue weighted by molar-refractivity contribution is -0.384. The Hall–Kier alpha value is -4.86. The van der Waals surface area contributed by atoms with Crippen LogP contribution in [-0.2, 0) is 9.59 Å². The molecule has 2 amide bonds. The monoisotopic (exact) mass is 460 g/mol. The van der Waals surface area contributed by atoms with Crippen LogP contribution >= 0.6 is 0 Å². The van der Waals surface area contributed by atoms with Gasteiger partial charge < -0.3 is 10.1 Å². The average Bonchev–Trinajstić information content (AvgIpc) is 2.78. The van der Waals surface area contributed by atoms with E-state index in [9.17, 15) is 24.5 Å². The number of esters is 1. The Balaban J connectivity index is 1.57. The number of hydrogen-bond donors (Lipinski definition) is 2. The van der Waals surface area contributed by atoms with Gasteiger partial charge in [0.2, 0.25) is 0 Å². The van der Waals surface area contributed by atoms with E-state index in [2.05, 4.69) is 15.8 Å². The molecule has 0 atom stereocenters. The number of ether oxygens (including phenoxy) is 1. The summed E-state index contributed by atoms with van der Waals surface area (Å²) in [5.41, 5.74) is 5.03. The maximum Gasteiger partial charge on any atom is 0.343 e. The van der Waals surface area contributed by atoms with E-state index in [4.69, 9.17) is 4.74 Å². The van der Waals surface area contributed by atoms with Crippen LogP contribution in [0.15, 0.2) is 71.8 Å². The molecule has 0 saturated carbocycles. The minimum Gasteiger partial charge on any atom is -0.423 e. The molecular weight excluding hydrogens is 440 g/mol. The van der Waals surface area contributed by atoms with E-state index in [0.717, 1.165) is 11.1 Å². The van der Waals surface area contributed by atoms with E-state index in [-0.39, 0.29) is 17.0 Å². The molecule has 0 spiro atoms. The van der Waals surface area contributed by atoms with E-state index in [1.165, 1.54) is 42.6 Å². The quantitative estimate of drug-likeness (QED) is 0.144. The van der Waals surface area contributed by atoms with E-state index >= 15 is 0 Å². The summed E-state index contributed by atoms with van der Waals surface area (Å²) >= 11 is 0. The molecule has 3 rings (SSSR count). The number of nitro benzene ring substituents is 1. The molecule has 10 heteroatoms. The van der Waals surface area contributed by atoms with Crippen molar-refractivity contribution < 1.29 is 24.0 Å². The number of rotatable bonds is 6. The molecule has 0 radical (unpaired) electrons. The van der Waals surface area contributed by atoms with Crippen molar-refractivity contribution >= 4 is 35.4 Å². The molecule has 0 bridgehead atoms. The van der Waals surface area contributed by atoms with Crippen LogP contribution < -0.4 is 15.5 Å². The molecule has 0 aromatic heterocycles. The van der Waals surface area contributed by atoms with E-state index in [0.29, 0.717) is 11.3 Å². The lowest BCUT2D eigenvalue weighted by Gasteiger charge is -2.06. The highest BCUT2D eigenvalue weighted by molar-refractivity contribution is 6.39. The Morgan fingerprint density at radius 2 is 1.62 bits per heavy atom. The Labute approximate surface area is 194 Å². The van der Waals surface area contributed by atoms with Crippen molar-refractivity contribution in [1.82, 2.24) is 5.43 Å². The van der Waals surface area contributed by atoms with Crippen molar-refractivity contribution in [3.05, 3.63) is 99.1 Å². The third-order valence-electron chi connectivity index (χ3n) is 4.45. The topological polar surface area (TPSA) is 140 Å². The van der Waals surface area contributed by atoms with Gasteiger partial charge in [0, 0.05) is 17.8 Å². The third-order valence-corrected chi connectivity index (χ3v) is 4.45. The van der Waals surface area contributed by atoms with Gasteiger partial charge >= 0.3 is 17.8 Å². The third kappa shape index (κ3) is 6.57. The predicted octanol–water partition coefficient (Wildman–Crippen LogP) is 3.52. The number of carbonyl (C=O) groups excluding carboxylic acids is 3. The summed E-state index contributed by atoms with van der Waals surface area (Å²) in [5, 5.41) is 17.0. The fourth-order valence-electron chi connectivity index (χ4n) is 2.99. The zero-order valence-electron chi connectivity index (χ0n) is 18.3. The van der Waals surface area contributed by atoms with Crippen LogP contribution in [0.25, 0.3) is 0 Å². The number of anilines is 1. The second-order valence-electron chi connectivity index (χ2n) is 7.30. The number of non-ortho nitro benzene ring substituents is 1. The Morgan fingerprint density at radius 1 is 0.941 bits per heavy atom. The van der Waals surface area contributed by atoms with Crippen LogP contribution in [0, 0.1) is 24.0 Å². The van der Waals surface area contributed by atoms with Gasteiger partial charge in [-0.2, -0.15) is 5.10 Å². The van der Waals surface area contributed by atoms with Crippen LogP contribution in [-0.4, -0.2) is 28.9 Å². The average molecular weight is 460 g/mol. The van der Waals surface area contributed by atoms with Crippen molar-refractivity contribution in [3.63, 3.8) is 0 Å². The van der Waals surface area contributed by atoms with Crippen molar-refractivity contribution in [2.45, 2.75) is 13.8 Å². The molecule has 3 aromatic rings. The first-order chi connectivity index (χ1) is 16.2. The maximum atomic E-state index is 12.2. The second-order valence-corrected chi connectivity index (χ2v) is 7.30. The van der Waals surface area contributed by atoms with Gasteiger partial charge in [-0.05, 0) is 66.9 Å². The zero-order chi connectivity index (χ0) is 24.7. The Morgan fingerprint density at radius 3 is 2.26 bits per heavy atom. The standard InChI is InChI=1S/C24H20N4O6/c1-15-10-16(2)12-19(11-15)26-22(29)23(30)27-25-14-17-4-3-5-21(13-17)34-24(31)18-6-8-20(9-7-18)28(32)33/h3-14H,1-2H3,(H,26,29)(H,27,30). The molecule has 0 heterocycles. The number of hydrazone groups is 1. The number of nitro groups is 1. The van der Waals surface area contributed by atoms with E-state index < -0.39 is 22.7 Å². The first-order valence-electron chi connectivity index (χ1n) is 10.0. The Kier molecular flexibility index (Phi) is 7.45. The largest absolute Gasteiger partial charge is 0.423 e. The van der Waals surface area contributed by atoms with Gasteiger partial charge in [0.05, 0.1) is 16.7 Å². The number of nitrogens with zero attached hydrogens (tertiary/aromatic N) is 2. The summed E-state index contributed by atoms with van der Waals surface area (Å²) in [5.74, 6) is -2.31. The zero-order valence-corrected chi connectivity index (χ0v) is 18.3. The SMILES string of the molecule is Cc1cc(C)cc(NC(=O)C(=O)NN=Cc2cccc(OC(=O)c3ccc([N+](=O)[O-])cc3)c2)c1. The lowest BCUT2D eigenvalue weighted by atomic mass is 10.1. The maximum absolute atomic E-state index is 12.2. The highest BCUT2D eigenvalue weighted by atomic mass is 16.6. The van der Waals surface area contributed by atoms with Gasteiger partial charge in [-0.1, -0.05) is 18.2 Å². The smallest absolute Gasteiger partial charge is 0.343 e. The van der Waals surface area contributed by atoms with Crippen molar-refractivity contribution in [2.75, 3.05) is 5.32 Å². The summed E-state index contributed by atoms with van der Waals surface area (Å²) in [6.07, 6.45) is 1.28. The first-order valence-corrected chi connectivity index (χ1v) is 10.0. The second kappa shape index (κ2) is 10.6. The first kappa shape index (κ1) is 23.8. The highest BCUT2D eigenvalue weighted by Gasteiger charge is 2.14. The van der Waals surface area contributed by atoms with E-state index in [1.807, 2.05) is 19.9 Å². The van der Waals surface area contributed by atoms with Crippen LogP contribution in [0.3, 0.4) is 0 Å². The van der Waals surface area contributed by atoms with Crippen LogP contribution in [0.1, 0.15) is 27.0 Å². The molecule has 0 fully saturated rings. The minimum atomic E-state index is -0.948. The van der Waals surface area contributed by atoms with Gasteiger partial charge in [-0.3, -0.25) is 19.7 Å². The van der Waals surface area contributed by atoms with Crippen molar-refractivity contribution in [1.29, 1.82) is 0 Å². The number of hydrogen-bond acceptors (Lipinski definition) is 7. The summed E-state index contributed by atoms with van der Waals surface area (Å²) in [7, 11) is 0.